The Morgan fingerprint density at radius 1 is 0.418 bits per heavy atom. The quantitative estimate of drug-likeness (QED) is 0.00513. The Hall–Kier alpha value is -2.82. The maximum Gasteiger partial charge on any atom is 0.472 e. The zero-order valence-corrected chi connectivity index (χ0v) is 60.5. The lowest BCUT2D eigenvalue weighted by molar-refractivity contribution is -0.360. The van der Waals surface area contributed by atoms with Gasteiger partial charge in [0.2, 0.25) is 0 Å². The highest BCUT2D eigenvalue weighted by atomic mass is 31.2. The van der Waals surface area contributed by atoms with Crippen molar-refractivity contribution < 1.29 is 117 Å². The smallest absolute Gasteiger partial charge is 0.463 e. The molecule has 25 heteroatoms. The zero-order chi connectivity index (χ0) is 71.8. The second-order valence-electron chi connectivity index (χ2n) is 27.1. The van der Waals surface area contributed by atoms with Gasteiger partial charge in [0.25, 0.3) is 0 Å². The molecule has 2 saturated heterocycles. The van der Waals surface area contributed by atoms with E-state index in [0.717, 1.165) is 115 Å². The third-order valence-corrected chi connectivity index (χ3v) is 19.5. The molecule has 0 spiro atoms. The third kappa shape index (κ3) is 37.6. The van der Waals surface area contributed by atoms with Crippen LogP contribution in [0.1, 0.15) is 278 Å². The van der Waals surface area contributed by atoms with Crippen LogP contribution in [0.5, 0.6) is 0 Å². The molecular weight excluding hydrogens is 1290 g/mol. The molecule has 2 aliphatic heterocycles. The van der Waals surface area contributed by atoms with Crippen LogP contribution in [0.4, 0.5) is 0 Å². The number of phosphoric ester groups is 1. The van der Waals surface area contributed by atoms with E-state index in [4.69, 9.17) is 42.2 Å². The number of carbonyl (C=O) groups is 3. The Morgan fingerprint density at radius 2 is 0.786 bits per heavy atom. The minimum absolute atomic E-state index is 0.0195. The average Bonchev–Trinajstić information content (AvgIpc) is 0.761. The molecule has 0 bridgehead atoms. The first-order valence-corrected chi connectivity index (χ1v) is 39.3. The molecule has 3 aliphatic rings. The Balaban J connectivity index is 1.75. The fourth-order valence-corrected chi connectivity index (χ4v) is 13.3. The second-order valence-corrected chi connectivity index (χ2v) is 28.5. The zero-order valence-electron chi connectivity index (χ0n) is 59.6. The topological polar surface area (TPSA) is 374 Å². The van der Waals surface area contributed by atoms with E-state index in [1.165, 1.54) is 128 Å². The number of hydrogen-bond acceptors (Lipinski definition) is 23. The molecule has 1 saturated carbocycles. The summed E-state index contributed by atoms with van der Waals surface area (Å²) in [5.41, 5.74) is 0. The van der Waals surface area contributed by atoms with Crippen LogP contribution >= 0.6 is 7.82 Å². The monoisotopic (exact) mass is 1420 g/mol. The van der Waals surface area contributed by atoms with E-state index in [1.807, 2.05) is 6.08 Å². The summed E-state index contributed by atoms with van der Waals surface area (Å²) in [5, 5.41) is 110. The highest BCUT2D eigenvalue weighted by molar-refractivity contribution is 7.47. The van der Waals surface area contributed by atoms with Crippen LogP contribution in [0.2, 0.25) is 0 Å². The van der Waals surface area contributed by atoms with Gasteiger partial charge in [0.1, 0.15) is 98.7 Å². The van der Waals surface area contributed by atoms with Crippen LogP contribution in [0.15, 0.2) is 36.5 Å². The van der Waals surface area contributed by atoms with Gasteiger partial charge in [-0.2, -0.15) is 0 Å². The highest BCUT2D eigenvalue weighted by Gasteiger charge is 2.58. The highest BCUT2D eigenvalue weighted by Crippen LogP contribution is 2.49. The number of rotatable bonds is 58. The van der Waals surface area contributed by atoms with Crippen LogP contribution in [-0.4, -0.2) is 204 Å². The Morgan fingerprint density at radius 3 is 1.22 bits per heavy atom. The molecule has 0 aromatic rings. The van der Waals surface area contributed by atoms with Gasteiger partial charge in [-0.1, -0.05) is 244 Å². The predicted molar refractivity (Wildman–Crippen MR) is 370 cm³/mol. The maximum atomic E-state index is 14.3. The van der Waals surface area contributed by atoms with Crippen molar-refractivity contribution in [3.63, 3.8) is 0 Å². The standard InChI is InChI=1S/C73H131O24P/c1-4-7-10-13-16-19-22-25-27-30-33-36-39-42-45-48-58(76)90-53-56-61(79)63(81)68(86)73(94-56)96-70-66(84)64(82)65(83)69(95-72-67(85)62(80)60(78)55(50-74)93-72)71(70)97-98(87,88)91-52-54(51-89-57(75)47-44-41-38-35-32-29-24-21-18-15-12-9-6-3)92-59(77)49-46-43-40-37-34-31-28-26-23-20-17-14-11-8-5-2/h19,22,40,43,46,49,54-56,60-74,78-86H,4-18,20-21,23-39,41-42,44-45,47-48,50-53H2,1-3H3,(H,87,88)/b22-19-,43-40+,49-46+. The molecule has 18 unspecified atom stereocenters. The molecule has 2 heterocycles. The third-order valence-electron chi connectivity index (χ3n) is 18.5. The summed E-state index contributed by atoms with van der Waals surface area (Å²) >= 11 is 0. The maximum absolute atomic E-state index is 14.3. The number of esters is 3. The van der Waals surface area contributed by atoms with Gasteiger partial charge in [-0.05, 0) is 51.4 Å². The van der Waals surface area contributed by atoms with Crippen molar-refractivity contribution in [1.82, 2.24) is 0 Å². The van der Waals surface area contributed by atoms with Crippen molar-refractivity contribution in [1.29, 1.82) is 0 Å². The van der Waals surface area contributed by atoms with Crippen LogP contribution in [0, 0.1) is 0 Å². The summed E-state index contributed by atoms with van der Waals surface area (Å²) in [6.45, 7) is 3.32. The predicted octanol–water partition coefficient (Wildman–Crippen LogP) is 10.3. The first kappa shape index (κ1) is 89.4. The summed E-state index contributed by atoms with van der Waals surface area (Å²) in [6, 6.07) is 0. The SMILES string of the molecule is CCCCCC/C=C\CCCCCCCCCC(=O)OCC1OC(OC2C(O)C(O)C(O)C(OC3OC(CO)C(O)C(O)C3O)C2OP(=O)(O)OCC(COC(=O)CCCCCCCCCCCCCCC)OC(=O)/C=C/C=C/CCCCCCCCCCCCC)C(O)C(O)C1O. The molecule has 1 aliphatic carbocycles. The lowest BCUT2D eigenvalue weighted by atomic mass is 9.84. The minimum atomic E-state index is -5.72. The summed E-state index contributed by atoms with van der Waals surface area (Å²) in [5.74, 6) is -2.25. The van der Waals surface area contributed by atoms with E-state index in [0.29, 0.717) is 12.8 Å². The van der Waals surface area contributed by atoms with Gasteiger partial charge in [0, 0.05) is 18.9 Å². The molecule has 24 nitrogen and oxygen atoms in total. The number of aliphatic hydroxyl groups excluding tert-OH is 10. The van der Waals surface area contributed by atoms with Crippen molar-refractivity contribution in [2.75, 3.05) is 26.4 Å². The van der Waals surface area contributed by atoms with Gasteiger partial charge in [-0.25, -0.2) is 9.36 Å². The first-order chi connectivity index (χ1) is 47.3. The van der Waals surface area contributed by atoms with Crippen molar-refractivity contribution >= 4 is 25.7 Å². The summed E-state index contributed by atoms with van der Waals surface area (Å²) in [4.78, 5) is 50.8. The average molecular weight is 1420 g/mol. The fourth-order valence-electron chi connectivity index (χ4n) is 12.3. The van der Waals surface area contributed by atoms with E-state index >= 15 is 0 Å². The minimum Gasteiger partial charge on any atom is -0.463 e. The van der Waals surface area contributed by atoms with Crippen molar-refractivity contribution in [3.05, 3.63) is 36.5 Å². The Labute approximate surface area is 585 Å². The number of carbonyl (C=O) groups excluding carboxylic acids is 3. The number of unbranched alkanes of at least 4 members (excludes halogenated alkanes) is 34. The fraction of sp³-hybridized carbons (Fsp3) is 0.877. The number of ether oxygens (including phenoxy) is 7. The van der Waals surface area contributed by atoms with Crippen LogP contribution in [0.3, 0.4) is 0 Å². The molecule has 0 amide bonds. The van der Waals surface area contributed by atoms with Gasteiger partial charge in [-0.15, -0.1) is 0 Å². The van der Waals surface area contributed by atoms with Crippen LogP contribution < -0.4 is 0 Å². The lowest BCUT2D eigenvalue weighted by Crippen LogP contribution is -2.69. The van der Waals surface area contributed by atoms with E-state index in [9.17, 15) is 74.9 Å². The lowest BCUT2D eigenvalue weighted by Gasteiger charge is -2.49. The van der Waals surface area contributed by atoms with Crippen molar-refractivity contribution in [3.8, 4) is 0 Å². The molecule has 0 aromatic heterocycles. The molecule has 572 valence electrons. The summed E-state index contributed by atoms with van der Waals surface area (Å²) in [6.07, 6.45) is 17.1. The van der Waals surface area contributed by atoms with E-state index < -0.39 is 156 Å². The molecule has 3 fully saturated rings. The van der Waals surface area contributed by atoms with E-state index in [2.05, 4.69) is 32.9 Å². The van der Waals surface area contributed by atoms with Crippen LogP contribution in [0.25, 0.3) is 0 Å². The normalized spacial score (nSPS) is 27.8. The van der Waals surface area contributed by atoms with Crippen molar-refractivity contribution in [2.45, 2.75) is 382 Å². The Kier molecular flexibility index (Phi) is 50.0. The number of phosphoric acid groups is 1. The molecular formula is C73H131O24P. The largest absolute Gasteiger partial charge is 0.472 e. The number of aliphatic hydroxyl groups is 10. The van der Waals surface area contributed by atoms with E-state index in [-0.39, 0.29) is 12.8 Å². The van der Waals surface area contributed by atoms with Gasteiger partial charge in [0.05, 0.1) is 13.2 Å². The molecule has 3 rings (SSSR count). The van der Waals surface area contributed by atoms with Gasteiger partial charge in [0.15, 0.2) is 18.7 Å². The second kappa shape index (κ2) is 54.8. The van der Waals surface area contributed by atoms with Gasteiger partial charge >= 0.3 is 25.7 Å². The molecule has 0 radical (unpaired) electrons. The number of hydrogen-bond donors (Lipinski definition) is 11. The summed E-state index contributed by atoms with van der Waals surface area (Å²) < 4.78 is 64.8. The summed E-state index contributed by atoms with van der Waals surface area (Å²) in [7, 11) is -5.72. The Bertz CT molecular complexity index is 2170. The molecule has 11 N–H and O–H groups in total. The first-order valence-electron chi connectivity index (χ1n) is 37.8. The van der Waals surface area contributed by atoms with Gasteiger partial charge < -0.3 is 89.1 Å². The molecule has 98 heavy (non-hydrogen) atoms. The number of allylic oxidation sites excluding steroid dienone is 5. The van der Waals surface area contributed by atoms with E-state index in [1.54, 1.807) is 6.08 Å². The van der Waals surface area contributed by atoms with Crippen molar-refractivity contribution in [2.24, 2.45) is 0 Å². The molecule has 18 atom stereocenters. The molecule has 0 aromatic carbocycles. The van der Waals surface area contributed by atoms with Gasteiger partial charge in [-0.3, -0.25) is 18.6 Å². The van der Waals surface area contributed by atoms with Crippen LogP contribution in [-0.2, 0) is 61.2 Å².